The molecule has 0 aliphatic heterocycles. The van der Waals surface area contributed by atoms with Crippen LogP contribution in [0.1, 0.15) is 46.0 Å². The fourth-order valence-electron chi connectivity index (χ4n) is 2.32. The van der Waals surface area contributed by atoms with Gasteiger partial charge in [0.25, 0.3) is 0 Å². The Labute approximate surface area is 120 Å². The van der Waals surface area contributed by atoms with Gasteiger partial charge in [-0.15, -0.1) is 0 Å². The number of esters is 2. The largest absolute Gasteiger partial charge is 0.462 e. The molecule has 4 nitrogen and oxygen atoms in total. The van der Waals surface area contributed by atoms with E-state index in [1.165, 1.54) is 6.42 Å². The molecule has 1 aliphatic carbocycles. The molecule has 0 amide bonds. The average molecular weight is 280 g/mol. The van der Waals surface area contributed by atoms with Crippen molar-refractivity contribution >= 4 is 11.9 Å². The summed E-state index contributed by atoms with van der Waals surface area (Å²) in [4.78, 5) is 23.1. The lowest BCUT2D eigenvalue weighted by Gasteiger charge is -2.36. The third-order valence-electron chi connectivity index (χ3n) is 3.63. The second-order valence-electron chi connectivity index (χ2n) is 5.77. The van der Waals surface area contributed by atoms with Gasteiger partial charge in [-0.2, -0.15) is 0 Å². The quantitative estimate of drug-likeness (QED) is 0.554. The summed E-state index contributed by atoms with van der Waals surface area (Å²) in [5.74, 6) is -0.776. The van der Waals surface area contributed by atoms with E-state index in [1.54, 1.807) is 13.8 Å². The molecule has 4 heteroatoms. The average Bonchev–Trinajstić information content (AvgIpc) is 2.43. The Kier molecular flexibility index (Phi) is 5.99. The lowest BCUT2D eigenvalue weighted by Crippen LogP contribution is -2.36. The first-order valence-corrected chi connectivity index (χ1v) is 7.02. The van der Waals surface area contributed by atoms with Crippen LogP contribution in [0.2, 0.25) is 0 Å². The maximum atomic E-state index is 11.5. The number of ether oxygens (including phenoxy) is 2. The van der Waals surface area contributed by atoms with Crippen LogP contribution in [-0.4, -0.2) is 25.2 Å². The van der Waals surface area contributed by atoms with E-state index >= 15 is 0 Å². The Morgan fingerprint density at radius 2 is 1.30 bits per heavy atom. The molecule has 0 heterocycles. The van der Waals surface area contributed by atoms with Crippen LogP contribution < -0.4 is 0 Å². The molecule has 0 aromatic heterocycles. The van der Waals surface area contributed by atoms with Gasteiger partial charge in [0, 0.05) is 16.6 Å². The summed E-state index contributed by atoms with van der Waals surface area (Å²) in [6, 6.07) is 0. The fraction of sp³-hybridized carbons (Fsp3) is 0.625. The summed E-state index contributed by atoms with van der Waals surface area (Å²) in [5.41, 5.74) is 0.513. The predicted octanol–water partition coefficient (Wildman–Crippen LogP) is 3.18. The van der Waals surface area contributed by atoms with Crippen molar-refractivity contribution in [2.45, 2.75) is 46.0 Å². The highest BCUT2D eigenvalue weighted by Crippen LogP contribution is 2.37. The van der Waals surface area contributed by atoms with Crippen LogP contribution in [0.15, 0.2) is 24.3 Å². The summed E-state index contributed by atoms with van der Waals surface area (Å²) in [6.45, 7) is 10.9. The van der Waals surface area contributed by atoms with E-state index in [1.807, 2.05) is 0 Å². The summed E-state index contributed by atoms with van der Waals surface area (Å²) in [5, 5.41) is 0. The lowest BCUT2D eigenvalue weighted by molar-refractivity contribution is -0.151. The van der Waals surface area contributed by atoms with Gasteiger partial charge < -0.3 is 9.47 Å². The minimum absolute atomic E-state index is 0.255. The second-order valence-corrected chi connectivity index (χ2v) is 5.77. The number of carbonyl (C=O) groups is 2. The summed E-state index contributed by atoms with van der Waals surface area (Å²) < 4.78 is 10.6. The van der Waals surface area contributed by atoms with E-state index in [0.717, 1.165) is 25.7 Å². The predicted molar refractivity (Wildman–Crippen MR) is 77.1 cm³/mol. The first-order valence-electron chi connectivity index (χ1n) is 7.02. The van der Waals surface area contributed by atoms with Crippen molar-refractivity contribution in [2.75, 3.05) is 13.2 Å². The maximum Gasteiger partial charge on any atom is 0.333 e. The van der Waals surface area contributed by atoms with E-state index in [-0.39, 0.29) is 30.6 Å². The van der Waals surface area contributed by atoms with Gasteiger partial charge in [0.1, 0.15) is 13.2 Å². The molecule has 1 saturated carbocycles. The first kappa shape index (κ1) is 16.5. The van der Waals surface area contributed by atoms with Crippen molar-refractivity contribution in [1.29, 1.82) is 0 Å². The maximum absolute atomic E-state index is 11.5. The molecular weight excluding hydrogens is 256 g/mol. The van der Waals surface area contributed by atoms with Crippen molar-refractivity contribution in [3.63, 3.8) is 0 Å². The van der Waals surface area contributed by atoms with E-state index in [0.29, 0.717) is 11.1 Å². The monoisotopic (exact) mass is 280 g/mol. The number of hydrogen-bond acceptors (Lipinski definition) is 4. The molecule has 0 spiro atoms. The second kappa shape index (κ2) is 7.27. The number of hydrogen-bond donors (Lipinski definition) is 0. The van der Waals surface area contributed by atoms with Gasteiger partial charge in [-0.25, -0.2) is 9.59 Å². The van der Waals surface area contributed by atoms with Crippen LogP contribution in [0, 0.1) is 5.41 Å². The molecule has 0 saturated heterocycles. The van der Waals surface area contributed by atoms with Crippen molar-refractivity contribution in [3.8, 4) is 0 Å². The molecule has 1 fully saturated rings. The van der Waals surface area contributed by atoms with Crippen LogP contribution in [0.5, 0.6) is 0 Å². The zero-order valence-corrected chi connectivity index (χ0v) is 12.5. The molecule has 0 aromatic carbocycles. The highest BCUT2D eigenvalue weighted by molar-refractivity contribution is 5.87. The molecule has 0 unspecified atom stereocenters. The molecule has 20 heavy (non-hydrogen) atoms. The van der Waals surface area contributed by atoms with Gasteiger partial charge in [-0.1, -0.05) is 32.4 Å². The molecule has 1 rings (SSSR count). The topological polar surface area (TPSA) is 52.6 Å². The Bertz CT molecular complexity index is 371. The first-order chi connectivity index (χ1) is 9.36. The zero-order valence-electron chi connectivity index (χ0n) is 12.5. The Morgan fingerprint density at radius 3 is 1.65 bits per heavy atom. The lowest BCUT2D eigenvalue weighted by atomic mass is 9.75. The van der Waals surface area contributed by atoms with Crippen molar-refractivity contribution in [1.82, 2.24) is 0 Å². The minimum atomic E-state index is -0.388. The van der Waals surface area contributed by atoms with Crippen LogP contribution in [0.4, 0.5) is 0 Å². The van der Waals surface area contributed by atoms with E-state index in [2.05, 4.69) is 13.2 Å². The Balaban J connectivity index is 2.61. The van der Waals surface area contributed by atoms with Gasteiger partial charge in [0.05, 0.1) is 0 Å². The Hall–Kier alpha value is -1.58. The van der Waals surface area contributed by atoms with Gasteiger partial charge >= 0.3 is 11.9 Å². The number of rotatable bonds is 6. The zero-order chi connectivity index (χ0) is 15.2. The third kappa shape index (κ3) is 4.83. The smallest absolute Gasteiger partial charge is 0.333 e. The van der Waals surface area contributed by atoms with Crippen LogP contribution in [0.25, 0.3) is 0 Å². The third-order valence-corrected chi connectivity index (χ3v) is 3.63. The SMILES string of the molecule is C=C(C)C(=O)OCC1(COC(=O)C(=C)C)CCCCC1. The molecule has 0 atom stereocenters. The Morgan fingerprint density at radius 1 is 0.900 bits per heavy atom. The summed E-state index contributed by atoms with van der Waals surface area (Å²) in [7, 11) is 0. The van der Waals surface area contributed by atoms with E-state index in [9.17, 15) is 9.59 Å². The normalized spacial score (nSPS) is 17.1. The van der Waals surface area contributed by atoms with Gasteiger partial charge in [0.15, 0.2) is 0 Å². The fourth-order valence-corrected chi connectivity index (χ4v) is 2.32. The molecule has 0 bridgehead atoms. The highest BCUT2D eigenvalue weighted by Gasteiger charge is 2.35. The van der Waals surface area contributed by atoms with E-state index in [4.69, 9.17) is 9.47 Å². The van der Waals surface area contributed by atoms with E-state index < -0.39 is 0 Å². The standard InChI is InChI=1S/C16H24O4/c1-12(2)14(17)19-10-16(8-6-5-7-9-16)11-20-15(18)13(3)4/h1,3,5-11H2,2,4H3. The van der Waals surface area contributed by atoms with Crippen LogP contribution >= 0.6 is 0 Å². The number of carbonyl (C=O) groups excluding carboxylic acids is 2. The van der Waals surface area contributed by atoms with Crippen molar-refractivity contribution in [3.05, 3.63) is 24.3 Å². The van der Waals surface area contributed by atoms with Crippen LogP contribution in [0.3, 0.4) is 0 Å². The highest BCUT2D eigenvalue weighted by atomic mass is 16.5. The molecule has 0 N–H and O–H groups in total. The van der Waals surface area contributed by atoms with Crippen molar-refractivity contribution < 1.29 is 19.1 Å². The summed E-state index contributed by atoms with van der Waals surface area (Å²) >= 11 is 0. The molecule has 112 valence electrons. The molecule has 0 aromatic rings. The van der Waals surface area contributed by atoms with Gasteiger partial charge in [-0.05, 0) is 26.7 Å². The van der Waals surface area contributed by atoms with Crippen LogP contribution in [-0.2, 0) is 19.1 Å². The van der Waals surface area contributed by atoms with Gasteiger partial charge in [-0.3, -0.25) is 0 Å². The van der Waals surface area contributed by atoms with Crippen molar-refractivity contribution in [2.24, 2.45) is 5.41 Å². The molecular formula is C16H24O4. The minimum Gasteiger partial charge on any atom is -0.462 e. The molecule has 0 radical (unpaired) electrons. The van der Waals surface area contributed by atoms with Gasteiger partial charge in [0.2, 0.25) is 0 Å². The summed E-state index contributed by atoms with van der Waals surface area (Å²) in [6.07, 6.45) is 5.11. The molecule has 1 aliphatic rings.